The van der Waals surface area contributed by atoms with E-state index in [1.54, 1.807) is 20.4 Å². The van der Waals surface area contributed by atoms with Crippen LogP contribution in [0.2, 0.25) is 0 Å². The molecule has 130 valence electrons. The fourth-order valence-electron chi connectivity index (χ4n) is 2.65. The van der Waals surface area contributed by atoms with Crippen molar-refractivity contribution in [2.75, 3.05) is 14.2 Å². The van der Waals surface area contributed by atoms with Gasteiger partial charge in [-0.1, -0.05) is 26.0 Å². The van der Waals surface area contributed by atoms with E-state index in [0.29, 0.717) is 18.0 Å². The smallest absolute Gasteiger partial charge is 0.243 e. The van der Waals surface area contributed by atoms with Crippen molar-refractivity contribution < 1.29 is 14.3 Å². The van der Waals surface area contributed by atoms with E-state index in [9.17, 15) is 4.79 Å². The van der Waals surface area contributed by atoms with Crippen LogP contribution < -0.4 is 14.8 Å². The SMILES string of the molecule is COc1cccc(CNC(=O)C(C)n2ccnc2C(C)C)c1OC. The van der Waals surface area contributed by atoms with Gasteiger partial charge in [-0.2, -0.15) is 0 Å². The third kappa shape index (κ3) is 3.69. The van der Waals surface area contributed by atoms with Crippen LogP contribution in [0, 0.1) is 0 Å². The van der Waals surface area contributed by atoms with E-state index in [2.05, 4.69) is 24.1 Å². The normalized spacial score (nSPS) is 12.1. The molecular formula is C18H25N3O3. The maximum atomic E-state index is 12.5. The first-order chi connectivity index (χ1) is 11.5. The highest BCUT2D eigenvalue weighted by atomic mass is 16.5. The average Bonchev–Trinajstić information content (AvgIpc) is 3.08. The zero-order chi connectivity index (χ0) is 17.7. The highest BCUT2D eigenvalue weighted by Crippen LogP contribution is 2.30. The van der Waals surface area contributed by atoms with Gasteiger partial charge in [0.1, 0.15) is 11.9 Å². The van der Waals surface area contributed by atoms with Gasteiger partial charge in [0.2, 0.25) is 5.91 Å². The summed E-state index contributed by atoms with van der Waals surface area (Å²) in [6, 6.07) is 5.27. The second-order valence-corrected chi connectivity index (χ2v) is 5.89. The molecule has 0 bridgehead atoms. The zero-order valence-electron chi connectivity index (χ0n) is 14.9. The summed E-state index contributed by atoms with van der Waals surface area (Å²) in [5.74, 6) is 2.37. The molecule has 6 heteroatoms. The number of amides is 1. The molecule has 2 rings (SSSR count). The minimum atomic E-state index is -0.332. The quantitative estimate of drug-likeness (QED) is 0.847. The second-order valence-electron chi connectivity index (χ2n) is 5.89. The Morgan fingerprint density at radius 3 is 2.62 bits per heavy atom. The minimum absolute atomic E-state index is 0.0697. The number of carbonyl (C=O) groups is 1. The molecule has 0 radical (unpaired) electrons. The Bertz CT molecular complexity index is 695. The number of nitrogens with one attached hydrogen (secondary N) is 1. The molecule has 1 heterocycles. The lowest BCUT2D eigenvalue weighted by Gasteiger charge is -2.18. The first-order valence-electron chi connectivity index (χ1n) is 7.99. The lowest BCUT2D eigenvalue weighted by Crippen LogP contribution is -2.31. The van der Waals surface area contributed by atoms with Crippen LogP contribution in [0.4, 0.5) is 0 Å². The van der Waals surface area contributed by atoms with Crippen LogP contribution in [-0.2, 0) is 11.3 Å². The lowest BCUT2D eigenvalue weighted by atomic mass is 10.1. The summed E-state index contributed by atoms with van der Waals surface area (Å²) < 4.78 is 12.6. The van der Waals surface area contributed by atoms with E-state index >= 15 is 0 Å². The number of nitrogens with zero attached hydrogens (tertiary/aromatic N) is 2. The number of benzene rings is 1. The van der Waals surface area contributed by atoms with Crippen LogP contribution in [-0.4, -0.2) is 29.7 Å². The number of hydrogen-bond acceptors (Lipinski definition) is 4. The Hall–Kier alpha value is -2.50. The molecule has 1 aromatic carbocycles. The van der Waals surface area contributed by atoms with Crippen LogP contribution in [0.1, 0.15) is 44.1 Å². The van der Waals surface area contributed by atoms with Gasteiger partial charge in [0.05, 0.1) is 14.2 Å². The predicted molar refractivity (Wildman–Crippen MR) is 92.4 cm³/mol. The van der Waals surface area contributed by atoms with Crippen molar-refractivity contribution in [3.05, 3.63) is 42.0 Å². The molecular weight excluding hydrogens is 306 g/mol. The lowest BCUT2D eigenvalue weighted by molar-refractivity contribution is -0.124. The Labute approximate surface area is 142 Å². The summed E-state index contributed by atoms with van der Waals surface area (Å²) >= 11 is 0. The average molecular weight is 331 g/mol. The van der Waals surface area contributed by atoms with Crippen LogP contribution in [0.5, 0.6) is 11.5 Å². The van der Waals surface area contributed by atoms with Crippen molar-refractivity contribution in [3.8, 4) is 11.5 Å². The van der Waals surface area contributed by atoms with E-state index in [-0.39, 0.29) is 17.9 Å². The molecule has 0 aliphatic heterocycles. The maximum Gasteiger partial charge on any atom is 0.243 e. The molecule has 0 saturated heterocycles. The van der Waals surface area contributed by atoms with Crippen LogP contribution >= 0.6 is 0 Å². The molecule has 0 aliphatic carbocycles. The number of imidazole rings is 1. The summed E-state index contributed by atoms with van der Waals surface area (Å²) in [7, 11) is 3.18. The highest BCUT2D eigenvalue weighted by molar-refractivity contribution is 5.80. The number of para-hydroxylation sites is 1. The first-order valence-corrected chi connectivity index (χ1v) is 7.99. The molecule has 0 aliphatic rings. The molecule has 1 aromatic heterocycles. The monoisotopic (exact) mass is 331 g/mol. The van der Waals surface area contributed by atoms with Gasteiger partial charge in [0.15, 0.2) is 11.5 Å². The number of carbonyl (C=O) groups excluding carboxylic acids is 1. The summed E-state index contributed by atoms with van der Waals surface area (Å²) in [5, 5.41) is 2.96. The summed E-state index contributed by atoms with van der Waals surface area (Å²) in [4.78, 5) is 16.8. The van der Waals surface area contributed by atoms with E-state index in [4.69, 9.17) is 9.47 Å². The zero-order valence-corrected chi connectivity index (χ0v) is 14.9. The first kappa shape index (κ1) is 17.8. The van der Waals surface area contributed by atoms with Crippen molar-refractivity contribution in [1.29, 1.82) is 0 Å². The summed E-state index contributed by atoms with van der Waals surface area (Å²) in [6.07, 6.45) is 3.57. The Morgan fingerprint density at radius 1 is 1.25 bits per heavy atom. The number of rotatable bonds is 7. The van der Waals surface area contributed by atoms with E-state index in [1.807, 2.05) is 35.9 Å². The molecule has 24 heavy (non-hydrogen) atoms. The third-order valence-corrected chi connectivity index (χ3v) is 3.95. The second kappa shape index (κ2) is 7.86. The molecule has 1 N–H and O–H groups in total. The standard InChI is InChI=1S/C18H25N3O3/c1-12(2)17-19-9-10-21(17)13(3)18(22)20-11-14-7-6-8-15(23-4)16(14)24-5/h6-10,12-13H,11H2,1-5H3,(H,20,22). The molecule has 1 unspecified atom stereocenters. The summed E-state index contributed by atoms with van der Waals surface area (Å²) in [6.45, 7) is 6.36. The predicted octanol–water partition coefficient (Wildman–Crippen LogP) is 2.90. The highest BCUT2D eigenvalue weighted by Gasteiger charge is 2.19. The molecule has 6 nitrogen and oxygen atoms in total. The van der Waals surface area contributed by atoms with Gasteiger partial charge in [-0.05, 0) is 13.0 Å². The van der Waals surface area contributed by atoms with Gasteiger partial charge in [0, 0.05) is 30.4 Å². The van der Waals surface area contributed by atoms with E-state index in [0.717, 1.165) is 11.4 Å². The number of aromatic nitrogens is 2. The minimum Gasteiger partial charge on any atom is -0.493 e. The van der Waals surface area contributed by atoms with Crippen molar-refractivity contribution in [2.24, 2.45) is 0 Å². The molecule has 1 atom stereocenters. The van der Waals surface area contributed by atoms with Gasteiger partial charge in [-0.15, -0.1) is 0 Å². The van der Waals surface area contributed by atoms with Gasteiger partial charge in [-0.3, -0.25) is 4.79 Å². The molecule has 0 spiro atoms. The van der Waals surface area contributed by atoms with Crippen molar-refractivity contribution >= 4 is 5.91 Å². The van der Waals surface area contributed by atoms with Gasteiger partial charge in [-0.25, -0.2) is 4.98 Å². The van der Waals surface area contributed by atoms with Crippen LogP contribution in [0.25, 0.3) is 0 Å². The Kier molecular flexibility index (Phi) is 5.84. The number of hydrogen-bond donors (Lipinski definition) is 1. The Balaban J connectivity index is 2.09. The van der Waals surface area contributed by atoms with Gasteiger partial charge in [0.25, 0.3) is 0 Å². The van der Waals surface area contributed by atoms with E-state index < -0.39 is 0 Å². The fraction of sp³-hybridized carbons (Fsp3) is 0.444. The number of methoxy groups -OCH3 is 2. The van der Waals surface area contributed by atoms with Crippen LogP contribution in [0.15, 0.2) is 30.6 Å². The fourth-order valence-corrected chi connectivity index (χ4v) is 2.65. The van der Waals surface area contributed by atoms with Crippen molar-refractivity contribution in [3.63, 3.8) is 0 Å². The molecule has 1 amide bonds. The summed E-state index contributed by atoms with van der Waals surface area (Å²) in [5.41, 5.74) is 0.868. The largest absolute Gasteiger partial charge is 0.493 e. The van der Waals surface area contributed by atoms with Gasteiger partial charge < -0.3 is 19.4 Å². The third-order valence-electron chi connectivity index (χ3n) is 3.95. The maximum absolute atomic E-state index is 12.5. The number of ether oxygens (including phenoxy) is 2. The molecule has 2 aromatic rings. The molecule has 0 saturated carbocycles. The Morgan fingerprint density at radius 2 is 2.00 bits per heavy atom. The topological polar surface area (TPSA) is 65.4 Å². The van der Waals surface area contributed by atoms with Crippen molar-refractivity contribution in [1.82, 2.24) is 14.9 Å². The van der Waals surface area contributed by atoms with Crippen LogP contribution in [0.3, 0.4) is 0 Å². The van der Waals surface area contributed by atoms with Crippen molar-refractivity contribution in [2.45, 2.75) is 39.3 Å². The molecule has 0 fully saturated rings. The van der Waals surface area contributed by atoms with E-state index in [1.165, 1.54) is 0 Å². The van der Waals surface area contributed by atoms with Gasteiger partial charge >= 0.3 is 0 Å².